The number of likely N-dealkylation sites (N-methyl/N-ethyl adjacent to an activating group) is 1. The molecule has 0 bridgehead atoms. The van der Waals surface area contributed by atoms with Gasteiger partial charge in [-0.3, -0.25) is 5.01 Å². The van der Waals surface area contributed by atoms with Crippen molar-refractivity contribution in [2.24, 2.45) is 15.8 Å². The molecular formula is C10H15ClN4O3. The van der Waals surface area contributed by atoms with Crippen molar-refractivity contribution < 1.29 is 15.3 Å². The molecule has 0 aromatic rings. The van der Waals surface area contributed by atoms with E-state index in [9.17, 15) is 15.3 Å². The van der Waals surface area contributed by atoms with Crippen LogP contribution in [0.2, 0.25) is 0 Å². The third-order valence-electron chi connectivity index (χ3n) is 3.27. The van der Waals surface area contributed by atoms with Gasteiger partial charge in [-0.2, -0.15) is 5.10 Å². The average molecular weight is 275 g/mol. The molecule has 1 aliphatic heterocycles. The zero-order valence-electron chi connectivity index (χ0n) is 9.78. The minimum Gasteiger partial charge on any atom is -0.386 e. The maximum Gasteiger partial charge on any atom is 0.150 e. The van der Waals surface area contributed by atoms with Gasteiger partial charge in [0.1, 0.15) is 29.3 Å². The lowest BCUT2D eigenvalue weighted by atomic mass is 10.1. The van der Waals surface area contributed by atoms with E-state index < -0.39 is 17.3 Å². The maximum atomic E-state index is 10.1. The fraction of sp³-hybridized carbons (Fsp3) is 0.600. The number of nitrogens with zero attached hydrogens (tertiary/aromatic N) is 3. The molecule has 18 heavy (non-hydrogen) atoms. The van der Waals surface area contributed by atoms with Crippen molar-refractivity contribution in [3.63, 3.8) is 0 Å². The number of nitrogens with two attached hydrogens (primary N) is 1. The maximum absolute atomic E-state index is 10.1. The zero-order valence-corrected chi connectivity index (χ0v) is 10.5. The molecule has 1 saturated carbocycles. The van der Waals surface area contributed by atoms with Gasteiger partial charge in [0.2, 0.25) is 0 Å². The Balaban J connectivity index is 2.34. The van der Waals surface area contributed by atoms with Crippen LogP contribution in [0.1, 0.15) is 6.92 Å². The standard InChI is InChI=1S/C10H15ClN4O3/c1-2-15-6(7(12)13-5-14-15)3-9(17)8(16)10(9,18)4-11/h3,5,8,16-18H,2,4H2,1H3,(H2,12,13,14)/b6-3-/t8?,9?,10-/m1/s1. The van der Waals surface area contributed by atoms with E-state index in [1.165, 1.54) is 17.4 Å². The largest absolute Gasteiger partial charge is 0.386 e. The molecule has 0 radical (unpaired) electrons. The highest BCUT2D eigenvalue weighted by molar-refractivity contribution is 6.19. The van der Waals surface area contributed by atoms with Crippen LogP contribution in [0.15, 0.2) is 21.9 Å². The summed E-state index contributed by atoms with van der Waals surface area (Å²) in [6, 6.07) is 0. The molecule has 0 amide bonds. The number of hydrogen-bond acceptors (Lipinski definition) is 7. The van der Waals surface area contributed by atoms with Gasteiger partial charge >= 0.3 is 0 Å². The van der Waals surface area contributed by atoms with Crippen molar-refractivity contribution in [2.45, 2.75) is 24.2 Å². The molecule has 7 nitrogen and oxygen atoms in total. The fourth-order valence-electron chi connectivity index (χ4n) is 1.91. The topological polar surface area (TPSA) is 115 Å². The lowest BCUT2D eigenvalue weighted by molar-refractivity contribution is 0.0621. The second-order valence-electron chi connectivity index (χ2n) is 4.28. The minimum atomic E-state index is -1.83. The molecule has 2 aliphatic rings. The number of rotatable bonds is 3. The van der Waals surface area contributed by atoms with E-state index in [2.05, 4.69) is 10.1 Å². The summed E-state index contributed by atoms with van der Waals surface area (Å²) in [6.45, 7) is 2.34. The van der Waals surface area contributed by atoms with E-state index in [1.807, 2.05) is 6.92 Å². The van der Waals surface area contributed by atoms with Gasteiger partial charge in [0, 0.05) is 6.54 Å². The first kappa shape index (κ1) is 13.3. The van der Waals surface area contributed by atoms with Crippen LogP contribution in [0.4, 0.5) is 0 Å². The Bertz CT molecular complexity index is 452. The summed E-state index contributed by atoms with van der Waals surface area (Å²) in [5.74, 6) is -0.141. The summed E-state index contributed by atoms with van der Waals surface area (Å²) >= 11 is 5.54. The third kappa shape index (κ3) is 1.63. The number of hydrazone groups is 1. The molecule has 8 heteroatoms. The lowest BCUT2D eigenvalue weighted by Gasteiger charge is -2.23. The Hall–Kier alpha value is -1.15. The van der Waals surface area contributed by atoms with Gasteiger partial charge < -0.3 is 21.1 Å². The van der Waals surface area contributed by atoms with E-state index in [0.717, 1.165) is 0 Å². The summed E-state index contributed by atoms with van der Waals surface area (Å²) in [7, 11) is 0. The van der Waals surface area contributed by atoms with Gasteiger partial charge in [0.15, 0.2) is 5.84 Å². The van der Waals surface area contributed by atoms with Crippen LogP contribution in [0.5, 0.6) is 0 Å². The first-order valence-corrected chi connectivity index (χ1v) is 5.99. The van der Waals surface area contributed by atoms with Crippen LogP contribution in [-0.2, 0) is 0 Å². The fourth-order valence-corrected chi connectivity index (χ4v) is 2.27. The van der Waals surface area contributed by atoms with E-state index in [1.54, 1.807) is 0 Å². The van der Waals surface area contributed by atoms with Crippen LogP contribution < -0.4 is 5.73 Å². The van der Waals surface area contributed by atoms with E-state index in [0.29, 0.717) is 12.2 Å². The first-order chi connectivity index (χ1) is 8.40. The number of hydrogen-bond donors (Lipinski definition) is 4. The Morgan fingerprint density at radius 1 is 1.61 bits per heavy atom. The van der Waals surface area contributed by atoms with Crippen molar-refractivity contribution in [2.75, 3.05) is 12.4 Å². The Kier molecular flexibility index (Phi) is 3.10. The number of aliphatic hydroxyl groups excluding tert-OH is 1. The highest BCUT2D eigenvalue weighted by atomic mass is 35.5. The van der Waals surface area contributed by atoms with Gasteiger partial charge in [0.25, 0.3) is 0 Å². The molecular weight excluding hydrogens is 260 g/mol. The summed E-state index contributed by atoms with van der Waals surface area (Å²) in [6.07, 6.45) is 1.18. The van der Waals surface area contributed by atoms with Crippen LogP contribution in [0.25, 0.3) is 0 Å². The number of amidine groups is 1. The van der Waals surface area contributed by atoms with Gasteiger partial charge in [-0.25, -0.2) is 4.99 Å². The predicted molar refractivity (Wildman–Crippen MR) is 67.2 cm³/mol. The van der Waals surface area contributed by atoms with Crippen molar-refractivity contribution in [3.05, 3.63) is 11.8 Å². The van der Waals surface area contributed by atoms with Gasteiger partial charge in [-0.1, -0.05) is 0 Å². The van der Waals surface area contributed by atoms with E-state index in [-0.39, 0.29) is 11.7 Å². The van der Waals surface area contributed by atoms with Crippen LogP contribution in [-0.4, -0.2) is 62.2 Å². The van der Waals surface area contributed by atoms with Gasteiger partial charge in [-0.15, -0.1) is 11.6 Å². The molecule has 3 atom stereocenters. The molecule has 1 fully saturated rings. The molecule has 0 spiro atoms. The first-order valence-electron chi connectivity index (χ1n) is 5.46. The lowest BCUT2D eigenvalue weighted by Crippen LogP contribution is -2.34. The molecule has 5 N–H and O–H groups in total. The van der Waals surface area contributed by atoms with Crippen molar-refractivity contribution >= 4 is 23.8 Å². The Morgan fingerprint density at radius 2 is 2.28 bits per heavy atom. The monoisotopic (exact) mass is 274 g/mol. The van der Waals surface area contributed by atoms with Crippen LogP contribution in [0, 0.1) is 0 Å². The molecule has 1 aliphatic carbocycles. The summed E-state index contributed by atoms with van der Waals surface area (Å²) in [5, 5.41) is 35.1. The number of halogens is 1. The van der Waals surface area contributed by atoms with E-state index >= 15 is 0 Å². The van der Waals surface area contributed by atoms with Crippen molar-refractivity contribution in [1.29, 1.82) is 0 Å². The summed E-state index contributed by atoms with van der Waals surface area (Å²) in [4.78, 5) is 3.81. The molecule has 2 unspecified atom stereocenters. The Morgan fingerprint density at radius 3 is 2.78 bits per heavy atom. The van der Waals surface area contributed by atoms with Crippen LogP contribution in [0.3, 0.4) is 0 Å². The smallest absolute Gasteiger partial charge is 0.150 e. The zero-order chi connectivity index (χ0) is 13.6. The minimum absolute atomic E-state index is 0.149. The van der Waals surface area contributed by atoms with Gasteiger partial charge in [-0.05, 0) is 13.0 Å². The Labute approximate surface area is 109 Å². The molecule has 0 saturated heterocycles. The van der Waals surface area contributed by atoms with E-state index in [4.69, 9.17) is 17.3 Å². The summed E-state index contributed by atoms with van der Waals surface area (Å²) < 4.78 is 0. The highest BCUT2D eigenvalue weighted by Gasteiger charge is 2.75. The number of aliphatic imine (C=N–C) groups is 1. The second kappa shape index (κ2) is 4.20. The third-order valence-corrected chi connectivity index (χ3v) is 3.68. The van der Waals surface area contributed by atoms with Crippen molar-refractivity contribution in [3.8, 4) is 0 Å². The normalized spacial score (nSPS) is 41.2. The molecule has 2 rings (SSSR count). The quantitative estimate of drug-likeness (QED) is 0.472. The van der Waals surface area contributed by atoms with Crippen LogP contribution >= 0.6 is 11.6 Å². The predicted octanol–water partition coefficient (Wildman–Crippen LogP) is -1.42. The molecule has 1 heterocycles. The highest BCUT2D eigenvalue weighted by Crippen LogP contribution is 2.50. The molecule has 100 valence electrons. The number of alkyl halides is 1. The molecule has 0 aromatic heterocycles. The second-order valence-corrected chi connectivity index (χ2v) is 4.54. The number of aliphatic hydroxyl groups is 3. The van der Waals surface area contributed by atoms with Crippen molar-refractivity contribution in [1.82, 2.24) is 5.01 Å². The summed E-state index contributed by atoms with van der Waals surface area (Å²) in [5.41, 5.74) is 2.44. The SMILES string of the molecule is CCN1N=CN=C(N)/C1=C/C1(O)C(O)[C@]1(O)CCl. The average Bonchev–Trinajstić information content (AvgIpc) is 2.79. The molecule has 0 aromatic carbocycles. The van der Waals surface area contributed by atoms with Gasteiger partial charge in [0.05, 0.1) is 5.88 Å².